The summed E-state index contributed by atoms with van der Waals surface area (Å²) in [7, 11) is 0. The predicted molar refractivity (Wildman–Crippen MR) is 101 cm³/mol. The van der Waals surface area contributed by atoms with Gasteiger partial charge in [-0.3, -0.25) is 9.78 Å². The Kier molecular flexibility index (Phi) is 5.40. The highest BCUT2D eigenvalue weighted by Gasteiger charge is 2.27. The molecule has 0 amide bonds. The Morgan fingerprint density at radius 2 is 2.11 bits per heavy atom. The molecule has 1 saturated carbocycles. The second-order valence-electron chi connectivity index (χ2n) is 6.18. The third-order valence-corrected chi connectivity index (χ3v) is 5.50. The van der Waals surface area contributed by atoms with Crippen LogP contribution in [0.5, 0.6) is 0 Å². The quantitative estimate of drug-likeness (QED) is 0.522. The van der Waals surface area contributed by atoms with Crippen LogP contribution in [0, 0.1) is 0 Å². The van der Waals surface area contributed by atoms with E-state index in [0.29, 0.717) is 28.2 Å². The normalized spacial score (nSPS) is 14.0. The van der Waals surface area contributed by atoms with Gasteiger partial charge in [-0.05, 0) is 48.9 Å². The van der Waals surface area contributed by atoms with Crippen molar-refractivity contribution in [3.8, 4) is 11.3 Å². The number of nitrogens with zero attached hydrogens (tertiary/aromatic N) is 3. The molecule has 3 aromatic rings. The first kappa shape index (κ1) is 18.0. The third kappa shape index (κ3) is 4.14. The molecule has 6 nitrogen and oxygen atoms in total. The van der Waals surface area contributed by atoms with Crippen molar-refractivity contribution < 1.29 is 13.9 Å². The molecular formula is C19H16ClN3O3S. The van der Waals surface area contributed by atoms with E-state index in [9.17, 15) is 4.79 Å². The van der Waals surface area contributed by atoms with Crippen LogP contribution >= 0.6 is 23.4 Å². The second kappa shape index (κ2) is 8.10. The van der Waals surface area contributed by atoms with Crippen LogP contribution in [0.15, 0.2) is 51.2 Å². The summed E-state index contributed by atoms with van der Waals surface area (Å²) in [6, 6.07) is 7.35. The van der Waals surface area contributed by atoms with Crippen molar-refractivity contribution >= 4 is 29.8 Å². The van der Waals surface area contributed by atoms with Gasteiger partial charge >= 0.3 is 0 Å². The Labute approximate surface area is 165 Å². The number of oxazole rings is 1. The van der Waals surface area contributed by atoms with E-state index in [1.807, 2.05) is 18.2 Å². The summed E-state index contributed by atoms with van der Waals surface area (Å²) in [6.45, 7) is 0.554. The molecule has 1 fully saturated rings. The first-order valence-corrected chi connectivity index (χ1v) is 9.73. The Balaban J connectivity index is 1.64. The molecule has 4 rings (SSSR count). The standard InChI is InChI=1S/C19H16ClN3O3S/c20-14-5-7-16(22-9-14)27-19-17(23-18(26-19)12-2-1-3-12)13-4-6-15(21-8-13)10-25-11-24/h4-9,11-12H,1-3,10H2. The van der Waals surface area contributed by atoms with Crippen molar-refractivity contribution in [1.29, 1.82) is 0 Å². The van der Waals surface area contributed by atoms with Crippen molar-refractivity contribution in [3.63, 3.8) is 0 Å². The van der Waals surface area contributed by atoms with Crippen molar-refractivity contribution in [2.75, 3.05) is 0 Å². The molecule has 3 aromatic heterocycles. The molecule has 1 aliphatic rings. The fourth-order valence-corrected chi connectivity index (χ4v) is 3.62. The van der Waals surface area contributed by atoms with E-state index >= 15 is 0 Å². The van der Waals surface area contributed by atoms with Crippen LogP contribution in [0.4, 0.5) is 0 Å². The number of halogens is 1. The highest BCUT2D eigenvalue weighted by molar-refractivity contribution is 7.99. The maximum atomic E-state index is 10.3. The largest absolute Gasteiger partial charge is 0.461 e. The Morgan fingerprint density at radius 1 is 1.22 bits per heavy atom. The molecule has 1 aliphatic carbocycles. The monoisotopic (exact) mass is 401 g/mol. The first-order chi connectivity index (χ1) is 13.2. The zero-order chi connectivity index (χ0) is 18.6. The lowest BCUT2D eigenvalue weighted by atomic mass is 9.85. The molecular weight excluding hydrogens is 386 g/mol. The van der Waals surface area contributed by atoms with Gasteiger partial charge in [0.1, 0.15) is 17.3 Å². The number of carbonyl (C=O) groups is 1. The van der Waals surface area contributed by atoms with Crippen LogP contribution in [-0.4, -0.2) is 21.4 Å². The lowest BCUT2D eigenvalue weighted by Crippen LogP contribution is -2.08. The van der Waals surface area contributed by atoms with E-state index in [2.05, 4.69) is 9.97 Å². The summed E-state index contributed by atoms with van der Waals surface area (Å²) in [4.78, 5) is 23.7. The maximum absolute atomic E-state index is 10.3. The summed E-state index contributed by atoms with van der Waals surface area (Å²) in [6.07, 6.45) is 6.73. The topological polar surface area (TPSA) is 78.1 Å². The number of aromatic nitrogens is 3. The van der Waals surface area contributed by atoms with Gasteiger partial charge in [0.15, 0.2) is 11.0 Å². The lowest BCUT2D eigenvalue weighted by Gasteiger charge is -2.21. The number of pyridine rings is 2. The second-order valence-corrected chi connectivity index (χ2v) is 7.61. The van der Waals surface area contributed by atoms with Crippen molar-refractivity contribution in [3.05, 3.63) is 53.3 Å². The molecule has 0 bridgehead atoms. The Hall–Kier alpha value is -2.38. The fraction of sp³-hybridized carbons (Fsp3) is 0.263. The average molecular weight is 402 g/mol. The molecule has 0 unspecified atom stereocenters. The van der Waals surface area contributed by atoms with E-state index < -0.39 is 0 Å². The van der Waals surface area contributed by atoms with E-state index in [4.69, 9.17) is 25.7 Å². The predicted octanol–water partition coefficient (Wildman–Crippen LogP) is 4.88. The first-order valence-electron chi connectivity index (χ1n) is 8.53. The van der Waals surface area contributed by atoms with Crippen LogP contribution in [0.25, 0.3) is 11.3 Å². The van der Waals surface area contributed by atoms with Gasteiger partial charge in [0.05, 0.1) is 10.7 Å². The van der Waals surface area contributed by atoms with Crippen LogP contribution in [-0.2, 0) is 16.1 Å². The van der Waals surface area contributed by atoms with Crippen LogP contribution < -0.4 is 0 Å². The Morgan fingerprint density at radius 3 is 2.74 bits per heavy atom. The molecule has 0 saturated heterocycles. The smallest absolute Gasteiger partial charge is 0.293 e. The van der Waals surface area contributed by atoms with E-state index in [-0.39, 0.29) is 6.61 Å². The molecule has 27 heavy (non-hydrogen) atoms. The Bertz CT molecular complexity index is 924. The van der Waals surface area contributed by atoms with Gasteiger partial charge in [-0.2, -0.15) is 0 Å². The molecule has 0 atom stereocenters. The minimum absolute atomic E-state index is 0.145. The van der Waals surface area contributed by atoms with E-state index in [0.717, 1.165) is 35.0 Å². The number of carbonyl (C=O) groups excluding carboxylic acids is 1. The van der Waals surface area contributed by atoms with Gasteiger partial charge in [0, 0.05) is 23.9 Å². The molecule has 0 aliphatic heterocycles. The highest BCUT2D eigenvalue weighted by atomic mass is 35.5. The van der Waals surface area contributed by atoms with Crippen molar-refractivity contribution in [2.24, 2.45) is 0 Å². The summed E-state index contributed by atoms with van der Waals surface area (Å²) in [5, 5.41) is 2.05. The zero-order valence-electron chi connectivity index (χ0n) is 14.3. The minimum Gasteiger partial charge on any atom is -0.461 e. The van der Waals surface area contributed by atoms with Gasteiger partial charge in [-0.1, -0.05) is 18.0 Å². The fourth-order valence-electron chi connectivity index (χ4n) is 2.69. The average Bonchev–Trinajstić information content (AvgIpc) is 3.04. The molecule has 0 aromatic carbocycles. The van der Waals surface area contributed by atoms with Crippen molar-refractivity contribution in [2.45, 2.75) is 41.9 Å². The van der Waals surface area contributed by atoms with E-state index in [1.54, 1.807) is 18.5 Å². The summed E-state index contributed by atoms with van der Waals surface area (Å²) < 4.78 is 10.8. The third-order valence-electron chi connectivity index (χ3n) is 4.36. The van der Waals surface area contributed by atoms with Gasteiger partial charge in [-0.15, -0.1) is 0 Å². The van der Waals surface area contributed by atoms with Gasteiger partial charge < -0.3 is 9.15 Å². The number of hydrogen-bond acceptors (Lipinski definition) is 7. The summed E-state index contributed by atoms with van der Waals surface area (Å²) in [5.41, 5.74) is 2.26. The summed E-state index contributed by atoms with van der Waals surface area (Å²) in [5.74, 6) is 1.14. The van der Waals surface area contributed by atoms with Gasteiger partial charge in [0.25, 0.3) is 6.47 Å². The minimum atomic E-state index is 0.145. The van der Waals surface area contributed by atoms with Crippen LogP contribution in [0.2, 0.25) is 5.02 Å². The number of ether oxygens (including phenoxy) is 1. The zero-order valence-corrected chi connectivity index (χ0v) is 15.9. The summed E-state index contributed by atoms with van der Waals surface area (Å²) >= 11 is 7.33. The van der Waals surface area contributed by atoms with Crippen LogP contribution in [0.3, 0.4) is 0 Å². The van der Waals surface area contributed by atoms with Gasteiger partial charge in [0.2, 0.25) is 0 Å². The molecule has 8 heteroatoms. The maximum Gasteiger partial charge on any atom is 0.293 e. The SMILES string of the molecule is O=COCc1ccc(-c2nc(C3CCC3)oc2Sc2ccc(Cl)cn2)cn1. The molecule has 0 spiro atoms. The number of rotatable bonds is 7. The van der Waals surface area contributed by atoms with Crippen LogP contribution in [0.1, 0.15) is 36.8 Å². The van der Waals surface area contributed by atoms with Gasteiger partial charge in [-0.25, -0.2) is 9.97 Å². The van der Waals surface area contributed by atoms with Crippen molar-refractivity contribution in [1.82, 2.24) is 15.0 Å². The molecule has 3 heterocycles. The highest BCUT2D eigenvalue weighted by Crippen LogP contribution is 2.42. The van der Waals surface area contributed by atoms with E-state index in [1.165, 1.54) is 18.2 Å². The number of hydrogen-bond donors (Lipinski definition) is 0. The lowest BCUT2D eigenvalue weighted by molar-refractivity contribution is -0.129. The molecule has 0 radical (unpaired) electrons. The molecule has 138 valence electrons. The molecule has 0 N–H and O–H groups in total.